The van der Waals surface area contributed by atoms with Crippen LogP contribution in [0, 0.1) is 12.3 Å². The van der Waals surface area contributed by atoms with Crippen LogP contribution in [0.3, 0.4) is 0 Å². The molecule has 1 aromatic carbocycles. The fraction of sp³-hybridized carbons (Fsp3) is 0.389. The van der Waals surface area contributed by atoms with Crippen molar-refractivity contribution < 1.29 is 19.1 Å². The summed E-state index contributed by atoms with van der Waals surface area (Å²) in [6.07, 6.45) is 0.873. The molecule has 0 saturated heterocycles. The summed E-state index contributed by atoms with van der Waals surface area (Å²) in [6.45, 7) is 5.33. The third kappa shape index (κ3) is 3.48. The van der Waals surface area contributed by atoms with E-state index in [9.17, 15) is 14.7 Å². The molecule has 1 heterocycles. The van der Waals surface area contributed by atoms with Crippen LogP contribution in [-0.4, -0.2) is 28.5 Å². The van der Waals surface area contributed by atoms with Crippen LogP contribution in [0.15, 0.2) is 34.7 Å². The second-order valence-electron chi connectivity index (χ2n) is 5.77. The first-order valence-electron chi connectivity index (χ1n) is 7.98. The van der Waals surface area contributed by atoms with Crippen molar-refractivity contribution in [2.75, 3.05) is 6.54 Å². The summed E-state index contributed by atoms with van der Waals surface area (Å²) in [7, 11) is 0. The van der Waals surface area contributed by atoms with Crippen molar-refractivity contribution in [2.24, 2.45) is 5.41 Å². The van der Waals surface area contributed by atoms with Gasteiger partial charge in [-0.15, -0.1) is 0 Å². The number of carbonyl (C=O) groups is 2. The van der Waals surface area contributed by atoms with E-state index in [0.717, 1.165) is 5.56 Å². The van der Waals surface area contributed by atoms with Crippen molar-refractivity contribution in [1.29, 1.82) is 0 Å². The van der Waals surface area contributed by atoms with Crippen molar-refractivity contribution in [3.05, 3.63) is 41.8 Å². The largest absolute Gasteiger partial charge is 0.481 e. The minimum absolute atomic E-state index is 0.0567. The first-order chi connectivity index (χ1) is 11.4. The molecule has 0 aliphatic heterocycles. The maximum atomic E-state index is 12.4. The predicted octanol–water partition coefficient (Wildman–Crippen LogP) is 3.27. The number of carboxylic acids is 1. The summed E-state index contributed by atoms with van der Waals surface area (Å²) in [6, 6.07) is 9.29. The number of aromatic nitrogens is 1. The summed E-state index contributed by atoms with van der Waals surface area (Å²) in [5, 5.41) is 12.1. The zero-order chi connectivity index (χ0) is 17.7. The number of carbonyl (C=O) groups excluding carboxylic acids is 1. The average molecular weight is 330 g/mol. The van der Waals surface area contributed by atoms with Gasteiger partial charge in [0.05, 0.1) is 5.41 Å². The van der Waals surface area contributed by atoms with E-state index in [-0.39, 0.29) is 12.2 Å². The average Bonchev–Trinajstić information content (AvgIpc) is 2.98. The lowest BCUT2D eigenvalue weighted by Crippen LogP contribution is -2.42. The Bertz CT molecular complexity index is 718. The molecule has 1 amide bonds. The van der Waals surface area contributed by atoms with Gasteiger partial charge in [0.15, 0.2) is 5.69 Å². The summed E-state index contributed by atoms with van der Waals surface area (Å²) in [4.78, 5) is 28.1. The second kappa shape index (κ2) is 7.29. The van der Waals surface area contributed by atoms with Gasteiger partial charge >= 0.3 is 5.97 Å². The van der Waals surface area contributed by atoms with Crippen molar-refractivity contribution in [1.82, 2.24) is 10.3 Å². The van der Waals surface area contributed by atoms with E-state index in [1.807, 2.05) is 30.3 Å². The van der Waals surface area contributed by atoms with Crippen LogP contribution in [0.2, 0.25) is 0 Å². The number of nitrogens with zero attached hydrogens (tertiary/aromatic N) is 1. The van der Waals surface area contributed by atoms with E-state index in [0.29, 0.717) is 24.5 Å². The topological polar surface area (TPSA) is 92.4 Å². The van der Waals surface area contributed by atoms with Crippen LogP contribution in [0.1, 0.15) is 42.9 Å². The molecule has 0 aliphatic rings. The molecule has 0 spiro atoms. The maximum Gasteiger partial charge on any atom is 0.311 e. The number of hydrogen-bond donors (Lipinski definition) is 2. The molecule has 0 radical (unpaired) electrons. The molecule has 1 aromatic heterocycles. The van der Waals surface area contributed by atoms with Crippen molar-refractivity contribution in [3.63, 3.8) is 0 Å². The summed E-state index contributed by atoms with van der Waals surface area (Å²) < 4.78 is 5.57. The van der Waals surface area contributed by atoms with Crippen LogP contribution >= 0.6 is 0 Å². The van der Waals surface area contributed by atoms with Gasteiger partial charge in [-0.05, 0) is 31.9 Å². The highest BCUT2D eigenvalue weighted by molar-refractivity contribution is 5.94. The van der Waals surface area contributed by atoms with E-state index >= 15 is 0 Å². The molecular weight excluding hydrogens is 308 g/mol. The molecular formula is C18H22N2O4. The summed E-state index contributed by atoms with van der Waals surface area (Å²) in [5.41, 5.74) is -0.00256. The summed E-state index contributed by atoms with van der Waals surface area (Å²) in [5.74, 6) is -0.561. The third-order valence-corrected chi connectivity index (χ3v) is 4.43. The lowest BCUT2D eigenvalue weighted by Gasteiger charge is -2.26. The van der Waals surface area contributed by atoms with Gasteiger partial charge in [0.2, 0.25) is 5.89 Å². The maximum absolute atomic E-state index is 12.4. The van der Waals surface area contributed by atoms with Gasteiger partial charge in [-0.3, -0.25) is 9.59 Å². The molecule has 0 fully saturated rings. The van der Waals surface area contributed by atoms with E-state index in [1.54, 1.807) is 20.8 Å². The highest BCUT2D eigenvalue weighted by Crippen LogP contribution is 2.26. The van der Waals surface area contributed by atoms with E-state index in [2.05, 4.69) is 10.3 Å². The van der Waals surface area contributed by atoms with Gasteiger partial charge in [-0.2, -0.15) is 0 Å². The van der Waals surface area contributed by atoms with Crippen LogP contribution in [0.5, 0.6) is 0 Å². The number of aliphatic carboxylic acids is 1. The Morgan fingerprint density at radius 3 is 2.38 bits per heavy atom. The Balaban J connectivity index is 2.16. The number of benzene rings is 1. The Morgan fingerprint density at radius 1 is 1.21 bits per heavy atom. The normalized spacial score (nSPS) is 11.3. The standard InChI is InChI=1S/C18H22N2O4/c1-4-18(5-2,17(22)23)11-19-15(21)14-12(3)24-16(20-14)13-9-7-6-8-10-13/h6-10H,4-5,11H2,1-3H3,(H,19,21)(H,22,23). The van der Waals surface area contributed by atoms with Gasteiger partial charge in [-0.25, -0.2) is 4.98 Å². The first kappa shape index (κ1) is 17.7. The molecule has 2 N–H and O–H groups in total. The van der Waals surface area contributed by atoms with Gasteiger partial charge in [0, 0.05) is 12.1 Å². The van der Waals surface area contributed by atoms with Crippen LogP contribution in [0.25, 0.3) is 11.5 Å². The Kier molecular flexibility index (Phi) is 5.39. The number of oxazole rings is 1. The first-order valence-corrected chi connectivity index (χ1v) is 7.98. The van der Waals surface area contributed by atoms with Gasteiger partial charge in [-0.1, -0.05) is 32.0 Å². The molecule has 0 aliphatic carbocycles. The second-order valence-corrected chi connectivity index (χ2v) is 5.77. The molecule has 0 bridgehead atoms. The Morgan fingerprint density at radius 2 is 1.83 bits per heavy atom. The monoisotopic (exact) mass is 330 g/mol. The number of nitrogens with one attached hydrogen (secondary N) is 1. The Hall–Kier alpha value is -2.63. The summed E-state index contributed by atoms with van der Waals surface area (Å²) >= 11 is 0. The van der Waals surface area contributed by atoms with Crippen LogP contribution in [0.4, 0.5) is 0 Å². The number of amides is 1. The van der Waals surface area contributed by atoms with E-state index in [1.165, 1.54) is 0 Å². The van der Waals surface area contributed by atoms with Gasteiger partial charge in [0.1, 0.15) is 5.76 Å². The number of hydrogen-bond acceptors (Lipinski definition) is 4. The molecule has 0 atom stereocenters. The zero-order valence-electron chi connectivity index (χ0n) is 14.1. The smallest absolute Gasteiger partial charge is 0.311 e. The molecule has 24 heavy (non-hydrogen) atoms. The Labute approximate surface area is 140 Å². The molecule has 2 rings (SSSR count). The van der Waals surface area contributed by atoms with E-state index < -0.39 is 17.3 Å². The fourth-order valence-corrected chi connectivity index (χ4v) is 2.52. The minimum atomic E-state index is -0.963. The zero-order valence-corrected chi connectivity index (χ0v) is 14.1. The third-order valence-electron chi connectivity index (χ3n) is 4.43. The SMILES string of the molecule is CCC(CC)(CNC(=O)c1nc(-c2ccccc2)oc1C)C(=O)O. The van der Waals surface area contributed by atoms with Crippen LogP contribution in [-0.2, 0) is 4.79 Å². The highest BCUT2D eigenvalue weighted by atomic mass is 16.4. The molecule has 0 saturated carbocycles. The molecule has 128 valence electrons. The highest BCUT2D eigenvalue weighted by Gasteiger charge is 2.35. The lowest BCUT2D eigenvalue weighted by atomic mass is 9.82. The molecule has 6 heteroatoms. The minimum Gasteiger partial charge on any atom is -0.481 e. The molecule has 0 unspecified atom stereocenters. The predicted molar refractivity (Wildman–Crippen MR) is 89.7 cm³/mol. The van der Waals surface area contributed by atoms with Crippen molar-refractivity contribution in [3.8, 4) is 11.5 Å². The van der Waals surface area contributed by atoms with Crippen molar-refractivity contribution in [2.45, 2.75) is 33.6 Å². The lowest BCUT2D eigenvalue weighted by molar-refractivity contribution is -0.149. The van der Waals surface area contributed by atoms with Gasteiger partial charge in [0.25, 0.3) is 5.91 Å². The van der Waals surface area contributed by atoms with E-state index in [4.69, 9.17) is 4.42 Å². The quantitative estimate of drug-likeness (QED) is 0.813. The van der Waals surface area contributed by atoms with Crippen LogP contribution < -0.4 is 5.32 Å². The van der Waals surface area contributed by atoms with Gasteiger partial charge < -0.3 is 14.8 Å². The number of aryl methyl sites for hydroxylation is 1. The fourth-order valence-electron chi connectivity index (χ4n) is 2.52. The number of carboxylic acid groups (broad SMARTS) is 1. The van der Waals surface area contributed by atoms with Crippen molar-refractivity contribution >= 4 is 11.9 Å². The molecule has 2 aromatic rings. The number of rotatable bonds is 7. The molecule has 6 nitrogen and oxygen atoms in total.